The van der Waals surface area contributed by atoms with Crippen molar-refractivity contribution in [3.63, 3.8) is 0 Å². The number of nitrogens with zero attached hydrogens (tertiary/aromatic N) is 1. The van der Waals surface area contributed by atoms with Gasteiger partial charge in [-0.2, -0.15) is 8.78 Å². The fourth-order valence-corrected chi connectivity index (χ4v) is 2.67. The lowest BCUT2D eigenvalue weighted by molar-refractivity contribution is 0.0950. The van der Waals surface area contributed by atoms with E-state index >= 15 is 0 Å². The van der Waals surface area contributed by atoms with Crippen molar-refractivity contribution in [1.29, 1.82) is 0 Å². The first-order valence-corrected chi connectivity index (χ1v) is 9.00. The number of hydrogen-bond donors (Lipinski definition) is 2. The number of alkyl halides is 2. The fraction of sp³-hybridized carbons (Fsp3) is 0.538. The molecule has 1 fully saturated rings. The molecule has 2 N–H and O–H groups in total. The van der Waals surface area contributed by atoms with Crippen molar-refractivity contribution in [3.8, 4) is 5.75 Å². The zero-order valence-corrected chi connectivity index (χ0v) is 14.2. The first-order valence-electron chi connectivity index (χ1n) is 7.07. The average molecular weight is 384 g/mol. The Balaban J connectivity index is 1.96. The third kappa shape index (κ3) is 5.25. The molecule has 1 saturated carbocycles. The van der Waals surface area contributed by atoms with E-state index in [4.69, 9.17) is 16.3 Å². The standard InChI is InChI=1S/C13H16ClF2N3O4S/c1-7(19-24(21,22)13(15)16)6-23-9-4-10(11(14)17-5-9)12(20)18-8-2-3-8/h4-5,7-8,13,19H,2-3,6H2,1H3,(H,18,20)/t7-/m0/s1. The van der Waals surface area contributed by atoms with E-state index in [1.165, 1.54) is 19.2 Å². The quantitative estimate of drug-likeness (QED) is 0.663. The molecular weight excluding hydrogens is 368 g/mol. The largest absolute Gasteiger partial charge is 0.490 e. The van der Waals surface area contributed by atoms with Crippen LogP contribution < -0.4 is 14.8 Å². The first-order chi connectivity index (χ1) is 11.2. The van der Waals surface area contributed by atoms with Crippen LogP contribution in [-0.4, -0.2) is 43.8 Å². The van der Waals surface area contributed by atoms with Gasteiger partial charge >= 0.3 is 5.76 Å². The molecule has 7 nitrogen and oxygen atoms in total. The van der Waals surface area contributed by atoms with Crippen LogP contribution in [0.25, 0.3) is 0 Å². The normalized spacial score (nSPS) is 16.0. The molecule has 1 aromatic rings. The van der Waals surface area contributed by atoms with Crippen molar-refractivity contribution in [2.75, 3.05) is 6.61 Å². The second-order valence-electron chi connectivity index (χ2n) is 5.39. The molecule has 1 atom stereocenters. The van der Waals surface area contributed by atoms with Gasteiger partial charge < -0.3 is 10.1 Å². The van der Waals surface area contributed by atoms with Crippen molar-refractivity contribution in [3.05, 3.63) is 23.0 Å². The molecule has 0 bridgehead atoms. The Morgan fingerprint density at radius 2 is 2.17 bits per heavy atom. The van der Waals surface area contributed by atoms with Gasteiger partial charge in [-0.25, -0.2) is 18.1 Å². The zero-order chi connectivity index (χ0) is 17.9. The summed E-state index contributed by atoms with van der Waals surface area (Å²) in [6.07, 6.45) is 3.08. The van der Waals surface area contributed by atoms with Gasteiger partial charge in [0.15, 0.2) is 0 Å². The second-order valence-corrected chi connectivity index (χ2v) is 7.43. The maximum atomic E-state index is 12.3. The summed E-state index contributed by atoms with van der Waals surface area (Å²) in [5, 5.41) is 2.76. The smallest absolute Gasteiger partial charge is 0.350 e. The maximum absolute atomic E-state index is 12.3. The van der Waals surface area contributed by atoms with Crippen LogP contribution in [0.15, 0.2) is 12.3 Å². The highest BCUT2D eigenvalue weighted by molar-refractivity contribution is 7.89. The van der Waals surface area contributed by atoms with E-state index in [1.807, 2.05) is 0 Å². The number of amides is 1. The summed E-state index contributed by atoms with van der Waals surface area (Å²) in [7, 11) is -4.70. The van der Waals surface area contributed by atoms with Crippen LogP contribution in [0.5, 0.6) is 5.75 Å². The van der Waals surface area contributed by atoms with Crippen LogP contribution in [0.1, 0.15) is 30.1 Å². The molecule has 0 aliphatic heterocycles. The van der Waals surface area contributed by atoms with Crippen LogP contribution >= 0.6 is 11.6 Å². The molecule has 1 amide bonds. The van der Waals surface area contributed by atoms with Crippen molar-refractivity contribution >= 4 is 27.5 Å². The highest BCUT2D eigenvalue weighted by Gasteiger charge is 2.27. The van der Waals surface area contributed by atoms with E-state index in [1.54, 1.807) is 4.72 Å². The molecular formula is C13H16ClF2N3O4S. The fourth-order valence-electron chi connectivity index (χ4n) is 1.74. The van der Waals surface area contributed by atoms with Crippen LogP contribution in [0, 0.1) is 0 Å². The van der Waals surface area contributed by atoms with E-state index < -0.39 is 21.8 Å². The molecule has 0 radical (unpaired) electrons. The Morgan fingerprint density at radius 1 is 1.50 bits per heavy atom. The maximum Gasteiger partial charge on any atom is 0.350 e. The SMILES string of the molecule is C[C@@H](COc1cnc(Cl)c(C(=O)NC2CC2)c1)NS(=O)(=O)C(F)F. The van der Waals surface area contributed by atoms with Crippen molar-refractivity contribution in [2.45, 2.75) is 37.6 Å². The molecule has 1 aliphatic carbocycles. The number of ether oxygens (including phenoxy) is 1. The Kier molecular flexibility index (Phi) is 5.94. The summed E-state index contributed by atoms with van der Waals surface area (Å²) < 4.78 is 53.7. The van der Waals surface area contributed by atoms with Crippen molar-refractivity contribution in [1.82, 2.24) is 15.0 Å². The number of nitrogens with one attached hydrogen (secondary N) is 2. The molecule has 1 aromatic heterocycles. The minimum atomic E-state index is -4.70. The molecule has 0 unspecified atom stereocenters. The van der Waals surface area contributed by atoms with Gasteiger partial charge in [-0.15, -0.1) is 0 Å². The molecule has 24 heavy (non-hydrogen) atoms. The van der Waals surface area contributed by atoms with Crippen molar-refractivity contribution in [2.24, 2.45) is 0 Å². The zero-order valence-electron chi connectivity index (χ0n) is 12.6. The van der Waals surface area contributed by atoms with E-state index in [2.05, 4.69) is 10.3 Å². The minimum absolute atomic E-state index is 0.00644. The lowest BCUT2D eigenvalue weighted by atomic mass is 10.2. The average Bonchev–Trinajstić information content (AvgIpc) is 3.29. The lowest BCUT2D eigenvalue weighted by Crippen LogP contribution is -2.39. The third-order valence-corrected chi connectivity index (χ3v) is 4.57. The highest BCUT2D eigenvalue weighted by Crippen LogP contribution is 2.23. The van der Waals surface area contributed by atoms with E-state index in [0.717, 1.165) is 12.8 Å². The Labute approximate surface area is 142 Å². The van der Waals surface area contributed by atoms with Gasteiger partial charge in [-0.3, -0.25) is 4.79 Å². The second kappa shape index (κ2) is 7.58. The molecule has 0 saturated heterocycles. The molecule has 2 rings (SSSR count). The first kappa shape index (κ1) is 18.8. The number of sulfonamides is 1. The van der Waals surface area contributed by atoms with E-state index in [9.17, 15) is 22.0 Å². The summed E-state index contributed by atoms with van der Waals surface area (Å²) in [4.78, 5) is 15.8. The topological polar surface area (TPSA) is 97.4 Å². The van der Waals surface area contributed by atoms with Gasteiger partial charge in [0.1, 0.15) is 17.5 Å². The predicted molar refractivity (Wildman–Crippen MR) is 82.8 cm³/mol. The summed E-state index contributed by atoms with van der Waals surface area (Å²) >= 11 is 5.88. The third-order valence-electron chi connectivity index (χ3n) is 3.07. The Morgan fingerprint density at radius 3 is 2.75 bits per heavy atom. The van der Waals surface area contributed by atoms with Gasteiger partial charge in [0, 0.05) is 6.04 Å². The van der Waals surface area contributed by atoms with Crippen molar-refractivity contribution < 1.29 is 26.7 Å². The van der Waals surface area contributed by atoms with E-state index in [0.29, 0.717) is 0 Å². The minimum Gasteiger partial charge on any atom is -0.490 e. The molecule has 134 valence electrons. The number of pyridine rings is 1. The molecule has 0 spiro atoms. The molecule has 11 heteroatoms. The van der Waals surface area contributed by atoms with Gasteiger partial charge in [-0.05, 0) is 25.8 Å². The monoisotopic (exact) mass is 383 g/mol. The Hall–Kier alpha value is -1.52. The number of carbonyl (C=O) groups is 1. The molecule has 1 aliphatic rings. The van der Waals surface area contributed by atoms with Crippen LogP contribution in [0.4, 0.5) is 8.78 Å². The van der Waals surface area contributed by atoms with Gasteiger partial charge in [0.25, 0.3) is 15.9 Å². The number of aromatic nitrogens is 1. The van der Waals surface area contributed by atoms with Crippen LogP contribution in [0.3, 0.4) is 0 Å². The van der Waals surface area contributed by atoms with Gasteiger partial charge in [-0.1, -0.05) is 11.6 Å². The predicted octanol–water partition coefficient (Wildman–Crippen LogP) is 1.54. The summed E-state index contributed by atoms with van der Waals surface area (Å²) in [6, 6.07) is 0.604. The molecule has 0 aromatic carbocycles. The number of rotatable bonds is 8. The molecule has 1 heterocycles. The lowest BCUT2D eigenvalue weighted by Gasteiger charge is -2.15. The number of hydrogen-bond acceptors (Lipinski definition) is 5. The summed E-state index contributed by atoms with van der Waals surface area (Å²) in [6.45, 7) is 1.14. The number of halogens is 3. The van der Waals surface area contributed by atoms with Gasteiger partial charge in [0.2, 0.25) is 0 Å². The highest BCUT2D eigenvalue weighted by atomic mass is 35.5. The number of carbonyl (C=O) groups excluding carboxylic acids is 1. The van der Waals surface area contributed by atoms with Crippen LogP contribution in [-0.2, 0) is 10.0 Å². The Bertz CT molecular complexity index is 713. The van der Waals surface area contributed by atoms with E-state index in [-0.39, 0.29) is 35.0 Å². The van der Waals surface area contributed by atoms with Crippen LogP contribution in [0.2, 0.25) is 5.15 Å². The summed E-state index contributed by atoms with van der Waals surface area (Å²) in [5.41, 5.74) is 0.127. The summed E-state index contributed by atoms with van der Waals surface area (Å²) in [5.74, 6) is -3.73. The van der Waals surface area contributed by atoms with Gasteiger partial charge in [0.05, 0.1) is 17.8 Å².